The van der Waals surface area contributed by atoms with Gasteiger partial charge in [-0.15, -0.1) is 0 Å². The van der Waals surface area contributed by atoms with E-state index in [1.807, 2.05) is 37.3 Å². The summed E-state index contributed by atoms with van der Waals surface area (Å²) in [4.78, 5) is 12.3. The van der Waals surface area contributed by atoms with E-state index in [1.54, 1.807) is 0 Å². The van der Waals surface area contributed by atoms with E-state index in [4.69, 9.17) is 0 Å². The van der Waals surface area contributed by atoms with Crippen molar-refractivity contribution >= 4 is 21.7 Å². The number of Topliss-reactive ketones (excluding diaryl/α,β-unsaturated/α-hetero) is 1. The molecule has 0 saturated heterocycles. The van der Waals surface area contributed by atoms with Gasteiger partial charge in [-0.05, 0) is 36.6 Å². The smallest absolute Gasteiger partial charge is 0.168 e. The van der Waals surface area contributed by atoms with Gasteiger partial charge in [-0.25, -0.2) is 0 Å². The number of halogens is 1. The molecular weight excluding hydrogens is 300 g/mol. The summed E-state index contributed by atoms with van der Waals surface area (Å²) in [7, 11) is 0. The number of hydrogen-bond acceptors (Lipinski definition) is 1. The molecule has 1 nitrogen and oxygen atoms in total. The summed E-state index contributed by atoms with van der Waals surface area (Å²) in [5.74, 6) is 0.153. The summed E-state index contributed by atoms with van der Waals surface area (Å²) in [6.45, 7) is 4.13. The highest BCUT2D eigenvalue weighted by Gasteiger charge is 2.11. The quantitative estimate of drug-likeness (QED) is 0.744. The molecule has 0 fully saturated rings. The van der Waals surface area contributed by atoms with Crippen LogP contribution in [0, 0.1) is 6.92 Å². The van der Waals surface area contributed by atoms with E-state index in [-0.39, 0.29) is 5.78 Å². The molecule has 2 aromatic rings. The van der Waals surface area contributed by atoms with Crippen molar-refractivity contribution in [3.63, 3.8) is 0 Å². The molecule has 0 spiro atoms. The number of hydrogen-bond donors (Lipinski definition) is 0. The van der Waals surface area contributed by atoms with Crippen molar-refractivity contribution in [1.29, 1.82) is 0 Å². The molecule has 2 heteroatoms. The highest BCUT2D eigenvalue weighted by Crippen LogP contribution is 2.20. The minimum absolute atomic E-state index is 0.153. The van der Waals surface area contributed by atoms with Crippen LogP contribution in [0.5, 0.6) is 0 Å². The van der Waals surface area contributed by atoms with Crippen molar-refractivity contribution in [2.24, 2.45) is 0 Å². The first-order chi connectivity index (χ1) is 9.10. The Balaban J connectivity index is 2.18. The maximum absolute atomic E-state index is 12.3. The summed E-state index contributed by atoms with van der Waals surface area (Å²) in [6, 6.07) is 14.1. The van der Waals surface area contributed by atoms with Gasteiger partial charge in [0, 0.05) is 16.5 Å². The Bertz CT molecular complexity index is 585. The average molecular weight is 317 g/mol. The molecule has 0 aliphatic carbocycles. The SMILES string of the molecule is CCc1ccc(CC(=O)c2cc(C)ccc2Br)cc1. The van der Waals surface area contributed by atoms with Crippen LogP contribution < -0.4 is 0 Å². The van der Waals surface area contributed by atoms with Crippen LogP contribution >= 0.6 is 15.9 Å². The molecule has 0 bridgehead atoms. The number of aryl methyl sites for hydroxylation is 2. The Morgan fingerprint density at radius 1 is 1.05 bits per heavy atom. The van der Waals surface area contributed by atoms with Crippen LogP contribution in [0.1, 0.15) is 34.0 Å². The minimum Gasteiger partial charge on any atom is -0.294 e. The van der Waals surface area contributed by atoms with Crippen molar-refractivity contribution in [3.05, 3.63) is 69.2 Å². The first-order valence-corrected chi connectivity index (χ1v) is 7.26. The van der Waals surface area contributed by atoms with Crippen molar-refractivity contribution < 1.29 is 4.79 Å². The zero-order valence-electron chi connectivity index (χ0n) is 11.2. The Hall–Kier alpha value is -1.41. The molecule has 0 aromatic heterocycles. The second-order valence-corrected chi connectivity index (χ2v) is 5.61. The highest BCUT2D eigenvalue weighted by atomic mass is 79.9. The van der Waals surface area contributed by atoms with Crippen molar-refractivity contribution in [1.82, 2.24) is 0 Å². The van der Waals surface area contributed by atoms with Crippen LogP contribution in [0.2, 0.25) is 0 Å². The van der Waals surface area contributed by atoms with Crippen molar-refractivity contribution in [3.8, 4) is 0 Å². The molecule has 2 aromatic carbocycles. The van der Waals surface area contributed by atoms with Gasteiger partial charge in [-0.3, -0.25) is 4.79 Å². The molecular formula is C17H17BrO. The van der Waals surface area contributed by atoms with Gasteiger partial charge in [0.05, 0.1) is 0 Å². The lowest BCUT2D eigenvalue weighted by Crippen LogP contribution is -2.05. The number of ketones is 1. The monoisotopic (exact) mass is 316 g/mol. The summed E-state index contributed by atoms with van der Waals surface area (Å²) in [6.07, 6.45) is 1.48. The molecule has 0 radical (unpaired) electrons. The maximum atomic E-state index is 12.3. The third-order valence-corrected chi connectivity index (χ3v) is 3.91. The maximum Gasteiger partial charge on any atom is 0.168 e. The van der Waals surface area contributed by atoms with Crippen LogP contribution in [0.15, 0.2) is 46.9 Å². The first-order valence-electron chi connectivity index (χ1n) is 6.47. The molecule has 98 valence electrons. The van der Waals surface area contributed by atoms with Crippen LogP contribution in [0.3, 0.4) is 0 Å². The lowest BCUT2D eigenvalue weighted by molar-refractivity contribution is 0.0992. The molecule has 0 unspecified atom stereocenters. The van der Waals surface area contributed by atoms with E-state index in [9.17, 15) is 4.79 Å². The summed E-state index contributed by atoms with van der Waals surface area (Å²) in [5, 5.41) is 0. The molecule has 0 atom stereocenters. The van der Waals surface area contributed by atoms with Crippen LogP contribution in [0.4, 0.5) is 0 Å². The van der Waals surface area contributed by atoms with E-state index >= 15 is 0 Å². The molecule has 2 rings (SSSR count). The van der Waals surface area contributed by atoms with Gasteiger partial charge < -0.3 is 0 Å². The third-order valence-electron chi connectivity index (χ3n) is 3.22. The van der Waals surface area contributed by atoms with E-state index in [2.05, 4.69) is 35.0 Å². The van der Waals surface area contributed by atoms with Crippen LogP contribution in [0.25, 0.3) is 0 Å². The standard InChI is InChI=1S/C17H17BrO/c1-3-13-5-7-14(8-6-13)11-17(19)15-10-12(2)4-9-16(15)18/h4-10H,3,11H2,1-2H3. The normalized spacial score (nSPS) is 10.5. The topological polar surface area (TPSA) is 17.1 Å². The van der Waals surface area contributed by atoms with Crippen LogP contribution in [-0.2, 0) is 12.8 Å². The van der Waals surface area contributed by atoms with Crippen molar-refractivity contribution in [2.75, 3.05) is 0 Å². The third kappa shape index (κ3) is 3.54. The predicted molar refractivity (Wildman–Crippen MR) is 82.7 cm³/mol. The molecule has 0 saturated carbocycles. The fourth-order valence-electron chi connectivity index (χ4n) is 2.03. The van der Waals surface area contributed by atoms with Gasteiger partial charge in [0.15, 0.2) is 5.78 Å². The molecule has 0 amide bonds. The molecule has 0 heterocycles. The first kappa shape index (κ1) is 14.0. The summed E-state index contributed by atoms with van der Waals surface area (Å²) < 4.78 is 0.869. The van der Waals surface area contributed by atoms with E-state index in [1.165, 1.54) is 5.56 Å². The second kappa shape index (κ2) is 6.16. The number of carbonyl (C=O) groups is 1. The Labute approximate surface area is 122 Å². The largest absolute Gasteiger partial charge is 0.294 e. The summed E-state index contributed by atoms with van der Waals surface area (Å²) >= 11 is 3.45. The number of carbonyl (C=O) groups excluding carboxylic acids is 1. The lowest BCUT2D eigenvalue weighted by Gasteiger charge is -2.06. The van der Waals surface area contributed by atoms with Gasteiger partial charge in [-0.1, -0.05) is 58.7 Å². The van der Waals surface area contributed by atoms with E-state index in [0.717, 1.165) is 27.6 Å². The number of benzene rings is 2. The van der Waals surface area contributed by atoms with Gasteiger partial charge in [0.2, 0.25) is 0 Å². The Morgan fingerprint density at radius 3 is 2.32 bits per heavy atom. The molecule has 0 N–H and O–H groups in total. The minimum atomic E-state index is 0.153. The van der Waals surface area contributed by atoms with Crippen LogP contribution in [-0.4, -0.2) is 5.78 Å². The van der Waals surface area contributed by atoms with Gasteiger partial charge in [0.25, 0.3) is 0 Å². The molecule has 0 aliphatic heterocycles. The van der Waals surface area contributed by atoms with Gasteiger partial charge in [0.1, 0.15) is 0 Å². The average Bonchev–Trinajstić information content (AvgIpc) is 2.42. The Kier molecular flexibility index (Phi) is 4.54. The summed E-state index contributed by atoms with van der Waals surface area (Å²) in [5.41, 5.74) is 4.23. The predicted octanol–water partition coefficient (Wildman–Crippen LogP) is 4.75. The van der Waals surface area contributed by atoms with Crippen molar-refractivity contribution in [2.45, 2.75) is 26.7 Å². The van der Waals surface area contributed by atoms with Gasteiger partial charge >= 0.3 is 0 Å². The fourth-order valence-corrected chi connectivity index (χ4v) is 2.49. The fraction of sp³-hybridized carbons (Fsp3) is 0.235. The second-order valence-electron chi connectivity index (χ2n) is 4.75. The highest BCUT2D eigenvalue weighted by molar-refractivity contribution is 9.10. The van der Waals surface area contributed by atoms with E-state index < -0.39 is 0 Å². The van der Waals surface area contributed by atoms with Gasteiger partial charge in [-0.2, -0.15) is 0 Å². The van der Waals surface area contributed by atoms with E-state index in [0.29, 0.717) is 6.42 Å². The zero-order chi connectivity index (χ0) is 13.8. The Morgan fingerprint density at radius 2 is 1.68 bits per heavy atom. The number of rotatable bonds is 4. The molecule has 19 heavy (non-hydrogen) atoms. The zero-order valence-corrected chi connectivity index (χ0v) is 12.8. The lowest BCUT2D eigenvalue weighted by atomic mass is 10.0. The molecule has 0 aliphatic rings.